The molecule has 0 bridgehead atoms. The molecule has 0 radical (unpaired) electrons. The molecule has 1 fully saturated rings. The molecule has 3 rings (SSSR count). The van der Waals surface area contributed by atoms with Crippen molar-refractivity contribution in [3.63, 3.8) is 0 Å². The smallest absolute Gasteiger partial charge is 0.274 e. The van der Waals surface area contributed by atoms with Crippen LogP contribution < -0.4 is 9.47 Å². The van der Waals surface area contributed by atoms with Crippen LogP contribution in [0, 0.1) is 0 Å². The van der Waals surface area contributed by atoms with Gasteiger partial charge in [-0.1, -0.05) is 19.3 Å². The van der Waals surface area contributed by atoms with Crippen LogP contribution in [0.25, 0.3) is 11.3 Å². The van der Waals surface area contributed by atoms with Crippen molar-refractivity contribution >= 4 is 5.91 Å². The lowest BCUT2D eigenvalue weighted by molar-refractivity contribution is 0.0689. The van der Waals surface area contributed by atoms with Gasteiger partial charge in [0.2, 0.25) is 0 Å². The number of ether oxygens (including phenoxy) is 2. The molecule has 0 N–H and O–H groups in total. The van der Waals surface area contributed by atoms with Gasteiger partial charge in [-0.3, -0.25) is 9.48 Å². The number of aryl methyl sites for hydroxylation is 1. The van der Waals surface area contributed by atoms with Gasteiger partial charge in [-0.2, -0.15) is 5.10 Å². The maximum atomic E-state index is 13.0. The van der Waals surface area contributed by atoms with Crippen LogP contribution in [0.5, 0.6) is 11.5 Å². The van der Waals surface area contributed by atoms with Crippen molar-refractivity contribution in [1.82, 2.24) is 14.7 Å². The summed E-state index contributed by atoms with van der Waals surface area (Å²) in [6, 6.07) is 7.87. The normalized spacial score (nSPS) is 14.8. The van der Waals surface area contributed by atoms with Gasteiger partial charge < -0.3 is 14.4 Å². The number of carbonyl (C=O) groups excluding carboxylic acids is 1. The molecule has 1 aliphatic rings. The number of rotatable bonds is 6. The van der Waals surface area contributed by atoms with E-state index in [0.29, 0.717) is 24.0 Å². The summed E-state index contributed by atoms with van der Waals surface area (Å²) in [5.41, 5.74) is 2.25. The third-order valence-electron chi connectivity index (χ3n) is 5.43. The fourth-order valence-electron chi connectivity index (χ4n) is 3.80. The second-order valence-corrected chi connectivity index (χ2v) is 7.00. The average Bonchev–Trinajstić information content (AvgIpc) is 3.16. The topological polar surface area (TPSA) is 56.6 Å². The van der Waals surface area contributed by atoms with Gasteiger partial charge in [0.1, 0.15) is 11.5 Å². The van der Waals surface area contributed by atoms with Crippen LogP contribution in [0.4, 0.5) is 0 Å². The first-order chi connectivity index (χ1) is 13.1. The summed E-state index contributed by atoms with van der Waals surface area (Å²) in [4.78, 5) is 14.9. The highest BCUT2D eigenvalue weighted by atomic mass is 16.5. The first-order valence-corrected chi connectivity index (χ1v) is 9.66. The van der Waals surface area contributed by atoms with Gasteiger partial charge in [0.05, 0.1) is 19.9 Å². The molecule has 1 saturated carbocycles. The van der Waals surface area contributed by atoms with Crippen molar-refractivity contribution in [1.29, 1.82) is 0 Å². The van der Waals surface area contributed by atoms with Gasteiger partial charge in [0, 0.05) is 31.3 Å². The third-order valence-corrected chi connectivity index (χ3v) is 5.43. The lowest BCUT2D eigenvalue weighted by Gasteiger charge is -2.30. The summed E-state index contributed by atoms with van der Waals surface area (Å²) in [5.74, 6) is 1.41. The second kappa shape index (κ2) is 8.46. The van der Waals surface area contributed by atoms with E-state index in [-0.39, 0.29) is 5.91 Å². The molecule has 146 valence electrons. The lowest BCUT2D eigenvalue weighted by Crippen LogP contribution is -2.38. The second-order valence-electron chi connectivity index (χ2n) is 7.00. The number of hydrogen-bond donors (Lipinski definition) is 0. The predicted molar refractivity (Wildman–Crippen MR) is 105 cm³/mol. The van der Waals surface area contributed by atoms with Gasteiger partial charge >= 0.3 is 0 Å². The van der Waals surface area contributed by atoms with Crippen molar-refractivity contribution in [3.8, 4) is 22.8 Å². The molecule has 6 heteroatoms. The Morgan fingerprint density at radius 3 is 2.56 bits per heavy atom. The van der Waals surface area contributed by atoms with Crippen molar-refractivity contribution in [2.45, 2.75) is 51.6 Å². The summed E-state index contributed by atoms with van der Waals surface area (Å²) in [7, 11) is 5.16. The SMILES string of the molecule is CCn1nc(C(=O)N(C)C2CCCCC2)cc1-c1ccc(OC)cc1OC. The minimum Gasteiger partial charge on any atom is -0.497 e. The molecule has 0 saturated heterocycles. The Hall–Kier alpha value is -2.50. The summed E-state index contributed by atoms with van der Waals surface area (Å²) < 4.78 is 12.7. The highest BCUT2D eigenvalue weighted by molar-refractivity contribution is 5.93. The van der Waals surface area contributed by atoms with Crippen LogP contribution >= 0.6 is 0 Å². The van der Waals surface area contributed by atoms with Crippen LogP contribution in [-0.2, 0) is 6.54 Å². The van der Waals surface area contributed by atoms with E-state index < -0.39 is 0 Å². The average molecular weight is 371 g/mol. The quantitative estimate of drug-likeness (QED) is 0.770. The molecule has 6 nitrogen and oxygen atoms in total. The predicted octanol–water partition coefficient (Wildman–Crippen LogP) is 3.99. The molecule has 1 amide bonds. The minimum atomic E-state index is -0.0113. The molecule has 1 aliphatic carbocycles. The van der Waals surface area contributed by atoms with Crippen LogP contribution in [0.2, 0.25) is 0 Å². The monoisotopic (exact) mass is 371 g/mol. The van der Waals surface area contributed by atoms with Crippen molar-refractivity contribution in [2.24, 2.45) is 0 Å². The Kier molecular flexibility index (Phi) is 6.04. The Bertz CT molecular complexity index is 794. The zero-order chi connectivity index (χ0) is 19.4. The van der Waals surface area contributed by atoms with E-state index in [1.54, 1.807) is 14.2 Å². The van der Waals surface area contributed by atoms with E-state index >= 15 is 0 Å². The highest BCUT2D eigenvalue weighted by Gasteiger charge is 2.26. The molecule has 0 aliphatic heterocycles. The van der Waals surface area contributed by atoms with E-state index in [1.165, 1.54) is 19.3 Å². The fraction of sp³-hybridized carbons (Fsp3) is 0.524. The van der Waals surface area contributed by atoms with E-state index in [1.807, 2.05) is 47.8 Å². The third kappa shape index (κ3) is 3.94. The molecule has 0 spiro atoms. The zero-order valence-corrected chi connectivity index (χ0v) is 16.7. The summed E-state index contributed by atoms with van der Waals surface area (Å²) in [6.45, 7) is 2.69. The zero-order valence-electron chi connectivity index (χ0n) is 16.7. The molecule has 1 aromatic carbocycles. The minimum absolute atomic E-state index is 0.0113. The van der Waals surface area contributed by atoms with Crippen molar-refractivity contribution < 1.29 is 14.3 Å². The molecule has 0 atom stereocenters. The largest absolute Gasteiger partial charge is 0.497 e. The van der Waals surface area contributed by atoms with Gasteiger partial charge in [-0.25, -0.2) is 0 Å². The Morgan fingerprint density at radius 1 is 1.19 bits per heavy atom. The summed E-state index contributed by atoms with van der Waals surface area (Å²) in [6.07, 6.45) is 5.82. The first-order valence-electron chi connectivity index (χ1n) is 9.66. The Labute approximate surface area is 161 Å². The molecule has 1 heterocycles. The van der Waals surface area contributed by atoms with E-state index in [4.69, 9.17) is 9.47 Å². The number of nitrogens with zero attached hydrogens (tertiary/aromatic N) is 3. The van der Waals surface area contributed by atoms with Crippen LogP contribution in [-0.4, -0.2) is 47.9 Å². The molecular formula is C21H29N3O3. The molecule has 2 aromatic rings. The van der Waals surface area contributed by atoms with Crippen LogP contribution in [0.3, 0.4) is 0 Å². The lowest BCUT2D eigenvalue weighted by atomic mass is 9.94. The maximum absolute atomic E-state index is 13.0. The van der Waals surface area contributed by atoms with Crippen molar-refractivity contribution in [2.75, 3.05) is 21.3 Å². The van der Waals surface area contributed by atoms with E-state index in [9.17, 15) is 4.79 Å². The number of carbonyl (C=O) groups is 1. The van der Waals surface area contributed by atoms with Gasteiger partial charge in [0.15, 0.2) is 5.69 Å². The van der Waals surface area contributed by atoms with E-state index in [0.717, 1.165) is 29.8 Å². The summed E-state index contributed by atoms with van der Waals surface area (Å²) in [5, 5.41) is 4.58. The maximum Gasteiger partial charge on any atom is 0.274 e. The fourth-order valence-corrected chi connectivity index (χ4v) is 3.80. The first kappa shape index (κ1) is 19.3. The molecule has 27 heavy (non-hydrogen) atoms. The van der Waals surface area contributed by atoms with E-state index in [2.05, 4.69) is 5.10 Å². The standard InChI is InChI=1S/C21H29N3O3/c1-5-24-19(17-12-11-16(26-3)13-20(17)27-4)14-18(22-24)21(25)23(2)15-9-7-6-8-10-15/h11-15H,5-10H2,1-4H3. The van der Waals surface area contributed by atoms with Gasteiger partial charge in [-0.05, 0) is 38.0 Å². The van der Waals surface area contributed by atoms with Crippen LogP contribution in [0.1, 0.15) is 49.5 Å². The van der Waals surface area contributed by atoms with Crippen molar-refractivity contribution in [3.05, 3.63) is 30.0 Å². The molecule has 1 aromatic heterocycles. The van der Waals surface area contributed by atoms with Gasteiger partial charge in [0.25, 0.3) is 5.91 Å². The van der Waals surface area contributed by atoms with Gasteiger partial charge in [-0.15, -0.1) is 0 Å². The number of aromatic nitrogens is 2. The Balaban J connectivity index is 1.92. The molecule has 0 unspecified atom stereocenters. The highest BCUT2D eigenvalue weighted by Crippen LogP contribution is 2.34. The molecular weight excluding hydrogens is 342 g/mol. The Morgan fingerprint density at radius 2 is 1.93 bits per heavy atom. The number of benzene rings is 1. The number of amides is 1. The number of methoxy groups -OCH3 is 2. The summed E-state index contributed by atoms with van der Waals surface area (Å²) >= 11 is 0. The number of hydrogen-bond acceptors (Lipinski definition) is 4. The van der Waals surface area contributed by atoms with Crippen LogP contribution in [0.15, 0.2) is 24.3 Å².